The van der Waals surface area contributed by atoms with Crippen molar-refractivity contribution >= 4 is 28.5 Å². The van der Waals surface area contributed by atoms with E-state index in [1.165, 1.54) is 12.7 Å². The van der Waals surface area contributed by atoms with E-state index in [1.54, 1.807) is 17.8 Å². The van der Waals surface area contributed by atoms with Crippen molar-refractivity contribution in [2.24, 2.45) is 4.99 Å². The van der Waals surface area contributed by atoms with E-state index in [0.717, 1.165) is 22.9 Å². The lowest BCUT2D eigenvalue weighted by Gasteiger charge is -2.07. The van der Waals surface area contributed by atoms with Gasteiger partial charge in [-0.25, -0.2) is 9.79 Å². The summed E-state index contributed by atoms with van der Waals surface area (Å²) in [6, 6.07) is 11.6. The third-order valence-corrected chi connectivity index (χ3v) is 4.40. The highest BCUT2D eigenvalue weighted by molar-refractivity contribution is 8.14. The number of esters is 1. The summed E-state index contributed by atoms with van der Waals surface area (Å²) in [6.45, 7) is 2.04. The fourth-order valence-electron chi connectivity index (χ4n) is 2.22. The molecule has 0 saturated carbocycles. The summed E-state index contributed by atoms with van der Waals surface area (Å²) < 4.78 is 10.2. The first-order valence-electron chi connectivity index (χ1n) is 6.67. The Bertz CT molecular complexity index is 705. The molecular weight excluding hydrogens is 286 g/mol. The maximum atomic E-state index is 11.4. The molecule has 1 atom stereocenters. The SMILES string of the molecule is COC(=O)c1ccc([C@@H](C)SC2=Nc3ccccc3C2)o1. The van der Waals surface area contributed by atoms with E-state index in [2.05, 4.69) is 15.8 Å². The molecule has 0 unspecified atom stereocenters. The lowest BCUT2D eigenvalue weighted by molar-refractivity contribution is 0.0563. The van der Waals surface area contributed by atoms with Gasteiger partial charge in [-0.2, -0.15) is 0 Å². The highest BCUT2D eigenvalue weighted by Gasteiger charge is 2.20. The number of hydrogen-bond donors (Lipinski definition) is 0. The number of benzene rings is 1. The van der Waals surface area contributed by atoms with E-state index in [1.807, 2.05) is 31.2 Å². The topological polar surface area (TPSA) is 51.8 Å². The number of fused-ring (bicyclic) bond motifs is 1. The summed E-state index contributed by atoms with van der Waals surface area (Å²) in [5, 5.41) is 1.16. The third-order valence-electron chi connectivity index (χ3n) is 3.31. The Hall–Kier alpha value is -2.01. The largest absolute Gasteiger partial charge is 0.463 e. The van der Waals surface area contributed by atoms with Crippen molar-refractivity contribution in [2.45, 2.75) is 18.6 Å². The average molecular weight is 301 g/mol. The molecule has 0 N–H and O–H groups in total. The Kier molecular flexibility index (Phi) is 3.84. The van der Waals surface area contributed by atoms with E-state index < -0.39 is 5.97 Å². The van der Waals surface area contributed by atoms with Gasteiger partial charge in [0.1, 0.15) is 5.76 Å². The van der Waals surface area contributed by atoms with Crippen LogP contribution >= 0.6 is 11.8 Å². The standard InChI is InChI=1S/C16H15NO3S/c1-10(13-7-8-14(20-13)16(18)19-2)21-15-9-11-5-3-4-6-12(11)17-15/h3-8,10H,9H2,1-2H3/t10-/m1/s1. The summed E-state index contributed by atoms with van der Waals surface area (Å²) in [5.41, 5.74) is 2.30. The number of methoxy groups -OCH3 is 1. The van der Waals surface area contributed by atoms with Crippen LogP contribution in [0.2, 0.25) is 0 Å². The normalized spacial score (nSPS) is 14.5. The highest BCUT2D eigenvalue weighted by Crippen LogP contribution is 2.37. The first kappa shape index (κ1) is 13.9. The van der Waals surface area contributed by atoms with Crippen LogP contribution in [0.15, 0.2) is 45.8 Å². The minimum Gasteiger partial charge on any atom is -0.463 e. The molecular formula is C16H15NO3S. The quantitative estimate of drug-likeness (QED) is 0.799. The molecule has 1 aliphatic heterocycles. The molecule has 0 saturated heterocycles. The molecule has 1 aromatic heterocycles. The Balaban J connectivity index is 1.69. The first-order chi connectivity index (χ1) is 10.2. The number of ether oxygens (including phenoxy) is 1. The molecule has 0 radical (unpaired) electrons. The lowest BCUT2D eigenvalue weighted by atomic mass is 10.2. The summed E-state index contributed by atoms with van der Waals surface area (Å²) >= 11 is 1.65. The monoisotopic (exact) mass is 301 g/mol. The van der Waals surface area contributed by atoms with Gasteiger partial charge in [-0.1, -0.05) is 30.0 Å². The van der Waals surface area contributed by atoms with Crippen molar-refractivity contribution < 1.29 is 13.9 Å². The molecule has 0 aliphatic carbocycles. The van der Waals surface area contributed by atoms with Gasteiger partial charge in [0.2, 0.25) is 5.76 Å². The first-order valence-corrected chi connectivity index (χ1v) is 7.55. The number of nitrogens with zero attached hydrogens (tertiary/aromatic N) is 1. The Morgan fingerprint density at radius 1 is 1.33 bits per heavy atom. The number of carbonyl (C=O) groups excluding carboxylic acids is 1. The van der Waals surface area contributed by atoms with Crippen LogP contribution in [0.1, 0.15) is 34.1 Å². The maximum absolute atomic E-state index is 11.4. The second kappa shape index (κ2) is 5.77. The minimum absolute atomic E-state index is 0.0940. The van der Waals surface area contributed by atoms with E-state index >= 15 is 0 Å². The Labute approximate surface area is 127 Å². The van der Waals surface area contributed by atoms with Crippen LogP contribution < -0.4 is 0 Å². The smallest absolute Gasteiger partial charge is 0.373 e. The van der Waals surface area contributed by atoms with Crippen LogP contribution in [0.3, 0.4) is 0 Å². The van der Waals surface area contributed by atoms with Crippen LogP contribution in [0.4, 0.5) is 5.69 Å². The lowest BCUT2D eigenvalue weighted by Crippen LogP contribution is -1.99. The summed E-state index contributed by atoms with van der Waals surface area (Å²) in [6.07, 6.45) is 0.857. The van der Waals surface area contributed by atoms with Crippen molar-refractivity contribution in [2.75, 3.05) is 7.11 Å². The van der Waals surface area contributed by atoms with E-state index in [0.29, 0.717) is 0 Å². The van der Waals surface area contributed by atoms with Gasteiger partial charge in [0, 0.05) is 6.42 Å². The van der Waals surface area contributed by atoms with Gasteiger partial charge in [-0.3, -0.25) is 0 Å². The number of hydrogen-bond acceptors (Lipinski definition) is 5. The molecule has 4 nitrogen and oxygen atoms in total. The van der Waals surface area contributed by atoms with Crippen LogP contribution in [-0.4, -0.2) is 18.1 Å². The molecule has 5 heteroatoms. The van der Waals surface area contributed by atoms with Crippen LogP contribution in [-0.2, 0) is 11.2 Å². The summed E-state index contributed by atoms with van der Waals surface area (Å²) in [5.74, 6) is 0.528. The van der Waals surface area contributed by atoms with Gasteiger partial charge in [0.15, 0.2) is 0 Å². The second-order valence-electron chi connectivity index (χ2n) is 4.76. The van der Waals surface area contributed by atoms with E-state index in [4.69, 9.17) is 4.42 Å². The molecule has 2 aromatic rings. The zero-order valence-electron chi connectivity index (χ0n) is 11.8. The number of para-hydroxylation sites is 1. The van der Waals surface area contributed by atoms with Crippen LogP contribution in [0.25, 0.3) is 0 Å². The summed E-state index contributed by atoms with van der Waals surface area (Å²) in [7, 11) is 1.34. The molecule has 3 rings (SSSR count). The van der Waals surface area contributed by atoms with Crippen molar-refractivity contribution in [3.05, 3.63) is 53.5 Å². The van der Waals surface area contributed by atoms with Crippen molar-refractivity contribution in [3.8, 4) is 0 Å². The fraction of sp³-hybridized carbons (Fsp3) is 0.250. The molecule has 108 valence electrons. The van der Waals surface area contributed by atoms with Crippen molar-refractivity contribution in [1.82, 2.24) is 0 Å². The predicted molar refractivity (Wildman–Crippen MR) is 83.3 cm³/mol. The number of thioether (sulfide) groups is 1. The zero-order chi connectivity index (χ0) is 14.8. The van der Waals surface area contributed by atoms with E-state index in [9.17, 15) is 4.79 Å². The molecule has 0 fully saturated rings. The second-order valence-corrected chi connectivity index (χ2v) is 6.18. The molecule has 0 spiro atoms. The molecule has 2 heterocycles. The number of aliphatic imine (C=N–C) groups is 1. The molecule has 0 amide bonds. The van der Waals surface area contributed by atoms with Gasteiger partial charge >= 0.3 is 5.97 Å². The van der Waals surface area contributed by atoms with Gasteiger partial charge in [-0.15, -0.1) is 0 Å². The number of rotatable bonds is 3. The summed E-state index contributed by atoms with van der Waals surface area (Å²) in [4.78, 5) is 16.0. The minimum atomic E-state index is -0.455. The van der Waals surface area contributed by atoms with Gasteiger partial charge in [0.05, 0.1) is 23.1 Å². The fourth-order valence-corrected chi connectivity index (χ4v) is 3.26. The van der Waals surface area contributed by atoms with E-state index in [-0.39, 0.29) is 11.0 Å². The van der Waals surface area contributed by atoms with Crippen LogP contribution in [0.5, 0.6) is 0 Å². The third kappa shape index (κ3) is 2.88. The van der Waals surface area contributed by atoms with Gasteiger partial charge in [-0.05, 0) is 30.7 Å². The van der Waals surface area contributed by atoms with Gasteiger partial charge < -0.3 is 9.15 Å². The number of furan rings is 1. The zero-order valence-corrected chi connectivity index (χ0v) is 12.6. The molecule has 1 aliphatic rings. The van der Waals surface area contributed by atoms with Crippen molar-refractivity contribution in [1.29, 1.82) is 0 Å². The predicted octanol–water partition coefficient (Wildman–Crippen LogP) is 4.15. The Morgan fingerprint density at radius 3 is 2.90 bits per heavy atom. The maximum Gasteiger partial charge on any atom is 0.373 e. The molecule has 21 heavy (non-hydrogen) atoms. The Morgan fingerprint density at radius 2 is 2.14 bits per heavy atom. The molecule has 0 bridgehead atoms. The average Bonchev–Trinajstić information content (AvgIpc) is 3.12. The molecule has 1 aromatic carbocycles. The number of carbonyl (C=O) groups is 1. The van der Waals surface area contributed by atoms with Gasteiger partial charge in [0.25, 0.3) is 0 Å². The van der Waals surface area contributed by atoms with Crippen molar-refractivity contribution in [3.63, 3.8) is 0 Å². The highest BCUT2D eigenvalue weighted by atomic mass is 32.2. The van der Waals surface area contributed by atoms with Crippen LogP contribution in [0, 0.1) is 0 Å².